The molecule has 0 saturated carbocycles. The van der Waals surface area contributed by atoms with E-state index in [1.807, 2.05) is 0 Å². The number of hydrogen-bond donors (Lipinski definition) is 2. The van der Waals surface area contributed by atoms with Crippen molar-refractivity contribution in [1.29, 1.82) is 0 Å². The van der Waals surface area contributed by atoms with Crippen molar-refractivity contribution < 1.29 is 0 Å². The Kier molecular flexibility index (Phi) is 5.81. The van der Waals surface area contributed by atoms with Crippen LogP contribution in [0.5, 0.6) is 0 Å². The molecule has 2 N–H and O–H groups in total. The first-order valence-electron chi connectivity index (χ1n) is 4.86. The van der Waals surface area contributed by atoms with Gasteiger partial charge in [0.2, 0.25) is 0 Å². The van der Waals surface area contributed by atoms with E-state index in [1.54, 1.807) is 11.3 Å². The fourth-order valence-corrected chi connectivity index (χ4v) is 1.81. The van der Waals surface area contributed by atoms with Crippen LogP contribution in [-0.2, 0) is 6.54 Å². The van der Waals surface area contributed by atoms with Crippen LogP contribution in [0.1, 0.15) is 18.9 Å². The highest BCUT2D eigenvalue weighted by atomic mass is 32.1. The molecule has 1 rings (SSSR count). The van der Waals surface area contributed by atoms with Crippen LogP contribution < -0.4 is 10.6 Å². The van der Waals surface area contributed by atoms with E-state index >= 15 is 0 Å². The molecule has 1 aromatic rings. The summed E-state index contributed by atoms with van der Waals surface area (Å²) >= 11 is 1.76. The van der Waals surface area contributed by atoms with Crippen LogP contribution in [0.15, 0.2) is 16.8 Å². The summed E-state index contributed by atoms with van der Waals surface area (Å²) in [6, 6.07) is 2.17. The molecule has 0 atom stereocenters. The van der Waals surface area contributed by atoms with Gasteiger partial charge in [0.25, 0.3) is 0 Å². The lowest BCUT2D eigenvalue weighted by molar-refractivity contribution is 0.607. The zero-order chi connectivity index (χ0) is 9.36. The van der Waals surface area contributed by atoms with Crippen molar-refractivity contribution in [2.24, 2.45) is 0 Å². The highest BCUT2D eigenvalue weighted by Crippen LogP contribution is 2.04. The van der Waals surface area contributed by atoms with Gasteiger partial charge in [-0.3, -0.25) is 0 Å². The highest BCUT2D eigenvalue weighted by molar-refractivity contribution is 7.07. The van der Waals surface area contributed by atoms with Gasteiger partial charge >= 0.3 is 0 Å². The Morgan fingerprint density at radius 3 is 2.85 bits per heavy atom. The van der Waals surface area contributed by atoms with E-state index in [0.29, 0.717) is 0 Å². The van der Waals surface area contributed by atoms with Gasteiger partial charge in [-0.05, 0) is 48.4 Å². The van der Waals surface area contributed by atoms with Crippen molar-refractivity contribution in [2.75, 3.05) is 19.6 Å². The zero-order valence-electron chi connectivity index (χ0n) is 8.18. The largest absolute Gasteiger partial charge is 0.317 e. The molecule has 1 heterocycles. The summed E-state index contributed by atoms with van der Waals surface area (Å²) in [5.41, 5.74) is 1.40. The Morgan fingerprint density at radius 2 is 2.15 bits per heavy atom. The molecule has 0 aliphatic carbocycles. The lowest BCUT2D eigenvalue weighted by atomic mass is 10.3. The summed E-state index contributed by atoms with van der Waals surface area (Å²) in [7, 11) is 0. The molecule has 1 aromatic heterocycles. The molecule has 0 spiro atoms. The number of thiophene rings is 1. The fraction of sp³-hybridized carbons (Fsp3) is 0.600. The van der Waals surface area contributed by atoms with Gasteiger partial charge in [0.1, 0.15) is 0 Å². The normalized spacial score (nSPS) is 10.5. The highest BCUT2D eigenvalue weighted by Gasteiger charge is 1.91. The second kappa shape index (κ2) is 7.06. The first-order valence-corrected chi connectivity index (χ1v) is 5.80. The van der Waals surface area contributed by atoms with Crippen molar-refractivity contribution in [3.8, 4) is 0 Å². The van der Waals surface area contributed by atoms with Crippen LogP contribution in [0.25, 0.3) is 0 Å². The van der Waals surface area contributed by atoms with Crippen molar-refractivity contribution in [1.82, 2.24) is 10.6 Å². The number of hydrogen-bond acceptors (Lipinski definition) is 3. The Hall–Kier alpha value is -0.380. The van der Waals surface area contributed by atoms with E-state index in [4.69, 9.17) is 0 Å². The average Bonchev–Trinajstić information content (AvgIpc) is 2.63. The first kappa shape index (κ1) is 10.7. The molecular weight excluding hydrogens is 180 g/mol. The summed E-state index contributed by atoms with van der Waals surface area (Å²) in [5, 5.41) is 11.0. The van der Waals surface area contributed by atoms with Gasteiger partial charge in [-0.15, -0.1) is 0 Å². The van der Waals surface area contributed by atoms with E-state index in [0.717, 1.165) is 26.2 Å². The predicted molar refractivity (Wildman–Crippen MR) is 59.2 cm³/mol. The third-order valence-electron chi connectivity index (χ3n) is 1.87. The first-order chi connectivity index (χ1) is 6.43. The lowest BCUT2D eigenvalue weighted by Gasteiger charge is -2.03. The second-order valence-electron chi connectivity index (χ2n) is 3.02. The predicted octanol–water partition coefficient (Wildman–Crippen LogP) is 1.84. The van der Waals surface area contributed by atoms with Crippen LogP contribution in [0.3, 0.4) is 0 Å². The minimum absolute atomic E-state index is 1.01. The SMILES string of the molecule is CCNCCCNCc1ccsc1. The van der Waals surface area contributed by atoms with E-state index in [2.05, 4.69) is 34.4 Å². The molecule has 2 nitrogen and oxygen atoms in total. The van der Waals surface area contributed by atoms with Gasteiger partial charge in [0.05, 0.1) is 0 Å². The van der Waals surface area contributed by atoms with Gasteiger partial charge in [0.15, 0.2) is 0 Å². The molecule has 0 bridgehead atoms. The Bertz CT molecular complexity index is 197. The van der Waals surface area contributed by atoms with Gasteiger partial charge in [-0.2, -0.15) is 11.3 Å². The molecule has 0 aliphatic heterocycles. The fourth-order valence-electron chi connectivity index (χ4n) is 1.14. The maximum atomic E-state index is 3.41. The molecule has 0 unspecified atom stereocenters. The molecule has 0 fully saturated rings. The molecule has 0 amide bonds. The second-order valence-corrected chi connectivity index (χ2v) is 3.80. The van der Waals surface area contributed by atoms with Gasteiger partial charge in [-0.1, -0.05) is 6.92 Å². The summed E-state index contributed by atoms with van der Waals surface area (Å²) < 4.78 is 0. The van der Waals surface area contributed by atoms with Crippen LogP contribution in [0, 0.1) is 0 Å². The minimum atomic E-state index is 1.01. The molecule has 3 heteroatoms. The van der Waals surface area contributed by atoms with E-state index in [9.17, 15) is 0 Å². The van der Waals surface area contributed by atoms with Crippen molar-refractivity contribution in [3.63, 3.8) is 0 Å². The topological polar surface area (TPSA) is 24.1 Å². The molecule has 0 aromatic carbocycles. The molecule has 13 heavy (non-hydrogen) atoms. The quantitative estimate of drug-likeness (QED) is 0.653. The minimum Gasteiger partial charge on any atom is -0.317 e. The number of nitrogens with one attached hydrogen (secondary N) is 2. The van der Waals surface area contributed by atoms with Gasteiger partial charge in [-0.25, -0.2) is 0 Å². The van der Waals surface area contributed by atoms with Crippen molar-refractivity contribution in [3.05, 3.63) is 22.4 Å². The molecule has 0 radical (unpaired) electrons. The van der Waals surface area contributed by atoms with E-state index < -0.39 is 0 Å². The van der Waals surface area contributed by atoms with Gasteiger partial charge < -0.3 is 10.6 Å². The Labute approximate surface area is 84.4 Å². The van der Waals surface area contributed by atoms with Crippen LogP contribution in [0.4, 0.5) is 0 Å². The maximum Gasteiger partial charge on any atom is 0.0213 e. The summed E-state index contributed by atoms with van der Waals surface area (Å²) in [6.45, 7) is 6.44. The third-order valence-corrected chi connectivity index (χ3v) is 2.60. The Morgan fingerprint density at radius 1 is 1.31 bits per heavy atom. The van der Waals surface area contributed by atoms with Crippen LogP contribution in [0.2, 0.25) is 0 Å². The van der Waals surface area contributed by atoms with Crippen LogP contribution in [-0.4, -0.2) is 19.6 Å². The molecular formula is C10H18N2S. The smallest absolute Gasteiger partial charge is 0.0213 e. The molecule has 0 aliphatic rings. The zero-order valence-corrected chi connectivity index (χ0v) is 8.99. The Balaban J connectivity index is 1.90. The monoisotopic (exact) mass is 198 g/mol. The average molecular weight is 198 g/mol. The van der Waals surface area contributed by atoms with Crippen molar-refractivity contribution in [2.45, 2.75) is 19.9 Å². The number of rotatable bonds is 7. The summed E-state index contributed by atoms with van der Waals surface area (Å²) in [4.78, 5) is 0. The van der Waals surface area contributed by atoms with E-state index in [1.165, 1.54) is 12.0 Å². The maximum absolute atomic E-state index is 3.41. The standard InChI is InChI=1S/C10H18N2S/c1-2-11-5-3-6-12-8-10-4-7-13-9-10/h4,7,9,11-12H,2-3,5-6,8H2,1H3. The molecule has 74 valence electrons. The van der Waals surface area contributed by atoms with Crippen LogP contribution >= 0.6 is 11.3 Å². The van der Waals surface area contributed by atoms with Gasteiger partial charge in [0, 0.05) is 6.54 Å². The third kappa shape index (κ3) is 5.03. The van der Waals surface area contributed by atoms with E-state index in [-0.39, 0.29) is 0 Å². The summed E-state index contributed by atoms with van der Waals surface area (Å²) in [5.74, 6) is 0. The molecule has 0 saturated heterocycles. The lowest BCUT2D eigenvalue weighted by Crippen LogP contribution is -2.21. The van der Waals surface area contributed by atoms with Crippen molar-refractivity contribution >= 4 is 11.3 Å². The summed E-state index contributed by atoms with van der Waals surface area (Å²) in [6.07, 6.45) is 1.21.